The Morgan fingerprint density at radius 3 is 2.88 bits per heavy atom. The van der Waals surface area contributed by atoms with Gasteiger partial charge in [0.25, 0.3) is 11.6 Å². The second-order valence-corrected chi connectivity index (χ2v) is 5.51. The molecule has 2 heterocycles. The predicted octanol–water partition coefficient (Wildman–Crippen LogP) is 2.44. The molecule has 0 radical (unpaired) electrons. The van der Waals surface area contributed by atoms with Crippen LogP contribution in [0.25, 0.3) is 11.1 Å². The van der Waals surface area contributed by atoms with Gasteiger partial charge in [-0.1, -0.05) is 23.4 Å². The molecule has 0 aliphatic rings. The molecule has 1 amide bonds. The van der Waals surface area contributed by atoms with E-state index in [-0.39, 0.29) is 17.8 Å². The van der Waals surface area contributed by atoms with E-state index in [2.05, 4.69) is 15.5 Å². The molecule has 24 heavy (non-hydrogen) atoms. The Bertz CT molecular complexity index is 907. The molecule has 2 N–H and O–H groups in total. The second kappa shape index (κ2) is 6.37. The lowest BCUT2D eigenvalue weighted by Crippen LogP contribution is -2.29. The molecule has 124 valence electrons. The van der Waals surface area contributed by atoms with Gasteiger partial charge in [0.15, 0.2) is 0 Å². The Hall–Kier alpha value is -2.80. The summed E-state index contributed by atoms with van der Waals surface area (Å²) in [5.74, 6) is -0.927. The monoisotopic (exact) mass is 329 g/mol. The maximum Gasteiger partial charge on any atom is 0.258 e. The molecule has 1 atom stereocenters. The minimum Gasteiger partial charge on any atom is -0.386 e. The molecule has 0 spiro atoms. The van der Waals surface area contributed by atoms with Crippen LogP contribution in [-0.2, 0) is 0 Å². The third-order valence-electron chi connectivity index (χ3n) is 3.71. The van der Waals surface area contributed by atoms with Gasteiger partial charge >= 0.3 is 0 Å². The van der Waals surface area contributed by atoms with Crippen molar-refractivity contribution in [1.82, 2.24) is 15.5 Å². The Labute approximate surface area is 137 Å². The third-order valence-corrected chi connectivity index (χ3v) is 3.71. The van der Waals surface area contributed by atoms with Gasteiger partial charge in [-0.25, -0.2) is 9.37 Å². The van der Waals surface area contributed by atoms with Crippen molar-refractivity contribution in [2.75, 3.05) is 6.54 Å². The van der Waals surface area contributed by atoms with E-state index in [0.29, 0.717) is 22.3 Å². The predicted molar refractivity (Wildman–Crippen MR) is 85.0 cm³/mol. The average Bonchev–Trinajstić information content (AvgIpc) is 2.93. The van der Waals surface area contributed by atoms with Crippen LogP contribution in [0.4, 0.5) is 4.39 Å². The topological polar surface area (TPSA) is 88.2 Å². The Kier molecular flexibility index (Phi) is 4.26. The molecular formula is C17H16FN3O3. The lowest BCUT2D eigenvalue weighted by molar-refractivity contribution is 0.0915. The SMILES string of the molecule is Cc1cc(C(=O)NCC(O)c2ccccc2F)c2c(C)noc2n1. The molecular weight excluding hydrogens is 313 g/mol. The van der Waals surface area contributed by atoms with Gasteiger partial charge in [0, 0.05) is 17.8 Å². The number of aliphatic hydroxyl groups is 1. The van der Waals surface area contributed by atoms with Crippen molar-refractivity contribution in [2.24, 2.45) is 0 Å². The van der Waals surface area contributed by atoms with Crippen LogP contribution in [0.3, 0.4) is 0 Å². The number of aromatic nitrogens is 2. The highest BCUT2D eigenvalue weighted by Crippen LogP contribution is 2.22. The third kappa shape index (κ3) is 2.98. The number of nitrogens with one attached hydrogen (secondary N) is 1. The molecule has 2 aromatic heterocycles. The van der Waals surface area contributed by atoms with E-state index < -0.39 is 17.8 Å². The van der Waals surface area contributed by atoms with Gasteiger partial charge in [-0.05, 0) is 26.0 Å². The highest BCUT2D eigenvalue weighted by molar-refractivity contribution is 6.06. The molecule has 0 saturated heterocycles. The van der Waals surface area contributed by atoms with Crippen LogP contribution >= 0.6 is 0 Å². The first-order valence-corrected chi connectivity index (χ1v) is 7.41. The summed E-state index contributed by atoms with van der Waals surface area (Å²) in [6, 6.07) is 7.52. The zero-order valence-corrected chi connectivity index (χ0v) is 13.2. The van der Waals surface area contributed by atoms with Crippen molar-refractivity contribution < 1.29 is 18.8 Å². The number of aliphatic hydroxyl groups excluding tert-OH is 1. The minimum absolute atomic E-state index is 0.118. The highest BCUT2D eigenvalue weighted by atomic mass is 19.1. The van der Waals surface area contributed by atoms with Crippen molar-refractivity contribution in [2.45, 2.75) is 20.0 Å². The number of carbonyl (C=O) groups excluding carboxylic acids is 1. The lowest BCUT2D eigenvalue weighted by atomic mass is 10.1. The Morgan fingerprint density at radius 1 is 1.38 bits per heavy atom. The first-order chi connectivity index (χ1) is 11.5. The van der Waals surface area contributed by atoms with Crippen molar-refractivity contribution in [3.05, 3.63) is 58.7 Å². The summed E-state index contributed by atoms with van der Waals surface area (Å²) in [5.41, 5.74) is 1.94. The average molecular weight is 329 g/mol. The molecule has 6 nitrogen and oxygen atoms in total. The summed E-state index contributed by atoms with van der Waals surface area (Å²) >= 11 is 0. The standard InChI is InChI=1S/C17H16FN3O3/c1-9-7-12(15-10(2)21-24-17(15)20-9)16(23)19-8-14(22)11-5-3-4-6-13(11)18/h3-7,14,22H,8H2,1-2H3,(H,19,23). The first-order valence-electron chi connectivity index (χ1n) is 7.41. The van der Waals surface area contributed by atoms with Crippen molar-refractivity contribution >= 4 is 17.0 Å². The van der Waals surface area contributed by atoms with Crippen LogP contribution in [0.5, 0.6) is 0 Å². The highest BCUT2D eigenvalue weighted by Gasteiger charge is 2.19. The summed E-state index contributed by atoms with van der Waals surface area (Å²) in [6.45, 7) is 3.34. The fraction of sp³-hybridized carbons (Fsp3) is 0.235. The molecule has 0 saturated carbocycles. The normalized spacial score (nSPS) is 12.3. The summed E-state index contributed by atoms with van der Waals surface area (Å²) in [7, 11) is 0. The van der Waals surface area contributed by atoms with Gasteiger partial charge in [-0.15, -0.1) is 0 Å². The maximum atomic E-state index is 13.7. The van der Waals surface area contributed by atoms with Crippen LogP contribution in [0.1, 0.15) is 33.4 Å². The first kappa shape index (κ1) is 16.1. The Balaban J connectivity index is 1.81. The number of carbonyl (C=O) groups is 1. The molecule has 1 unspecified atom stereocenters. The summed E-state index contributed by atoms with van der Waals surface area (Å²) in [6.07, 6.45) is -1.14. The molecule has 3 aromatic rings. The van der Waals surface area contributed by atoms with Crippen LogP contribution in [0, 0.1) is 19.7 Å². The van der Waals surface area contributed by atoms with E-state index in [4.69, 9.17) is 4.52 Å². The quantitative estimate of drug-likeness (QED) is 0.767. The van der Waals surface area contributed by atoms with Crippen molar-refractivity contribution in [3.63, 3.8) is 0 Å². The van der Waals surface area contributed by atoms with Gasteiger partial charge in [0.2, 0.25) is 0 Å². The fourth-order valence-electron chi connectivity index (χ4n) is 2.54. The number of amides is 1. The lowest BCUT2D eigenvalue weighted by Gasteiger charge is -2.13. The zero-order valence-electron chi connectivity index (χ0n) is 13.2. The molecule has 0 aliphatic carbocycles. The largest absolute Gasteiger partial charge is 0.386 e. The van der Waals surface area contributed by atoms with E-state index >= 15 is 0 Å². The van der Waals surface area contributed by atoms with Gasteiger partial charge in [0.05, 0.1) is 22.7 Å². The smallest absolute Gasteiger partial charge is 0.258 e. The summed E-state index contributed by atoms with van der Waals surface area (Å²) in [5, 5.41) is 17.0. The number of fused-ring (bicyclic) bond motifs is 1. The van der Waals surface area contributed by atoms with Crippen LogP contribution in [0.2, 0.25) is 0 Å². The molecule has 0 fully saturated rings. The van der Waals surface area contributed by atoms with E-state index in [1.54, 1.807) is 26.0 Å². The van der Waals surface area contributed by atoms with Gasteiger partial charge in [-0.2, -0.15) is 0 Å². The van der Waals surface area contributed by atoms with Crippen molar-refractivity contribution in [3.8, 4) is 0 Å². The van der Waals surface area contributed by atoms with E-state index in [9.17, 15) is 14.3 Å². The number of pyridine rings is 1. The molecule has 1 aromatic carbocycles. The molecule has 3 rings (SSSR count). The number of nitrogens with zero attached hydrogens (tertiary/aromatic N) is 2. The number of benzene rings is 1. The van der Waals surface area contributed by atoms with Gasteiger partial charge in [0.1, 0.15) is 5.82 Å². The number of rotatable bonds is 4. The van der Waals surface area contributed by atoms with E-state index in [1.165, 1.54) is 18.2 Å². The fourth-order valence-corrected chi connectivity index (χ4v) is 2.54. The maximum absolute atomic E-state index is 13.7. The zero-order chi connectivity index (χ0) is 17.3. The minimum atomic E-state index is -1.14. The molecule has 7 heteroatoms. The van der Waals surface area contributed by atoms with Crippen LogP contribution in [0.15, 0.2) is 34.9 Å². The number of halogens is 1. The van der Waals surface area contributed by atoms with Crippen LogP contribution < -0.4 is 5.32 Å². The van der Waals surface area contributed by atoms with Gasteiger partial charge in [-0.3, -0.25) is 4.79 Å². The van der Waals surface area contributed by atoms with E-state index in [0.717, 1.165) is 0 Å². The number of hydrogen-bond acceptors (Lipinski definition) is 5. The van der Waals surface area contributed by atoms with Crippen LogP contribution in [-0.4, -0.2) is 27.7 Å². The summed E-state index contributed by atoms with van der Waals surface area (Å²) < 4.78 is 18.7. The summed E-state index contributed by atoms with van der Waals surface area (Å²) in [4.78, 5) is 16.7. The molecule has 0 aliphatic heterocycles. The van der Waals surface area contributed by atoms with E-state index in [1.807, 2.05) is 0 Å². The molecule has 0 bridgehead atoms. The second-order valence-electron chi connectivity index (χ2n) is 5.51. The van der Waals surface area contributed by atoms with Crippen molar-refractivity contribution in [1.29, 1.82) is 0 Å². The number of aryl methyl sites for hydroxylation is 2. The van der Waals surface area contributed by atoms with Gasteiger partial charge < -0.3 is 14.9 Å². The Morgan fingerprint density at radius 2 is 2.12 bits per heavy atom. The number of hydrogen-bond donors (Lipinski definition) is 2.